The van der Waals surface area contributed by atoms with Crippen LogP contribution in [0.15, 0.2) is 48.5 Å². The second kappa shape index (κ2) is 5.45. The van der Waals surface area contributed by atoms with E-state index in [0.717, 1.165) is 33.8 Å². The van der Waals surface area contributed by atoms with Gasteiger partial charge >= 0.3 is 0 Å². The minimum absolute atomic E-state index is 0.0168. The maximum absolute atomic E-state index is 12.3. The van der Waals surface area contributed by atoms with Crippen molar-refractivity contribution in [2.45, 2.75) is 13.5 Å². The number of anilines is 1. The van der Waals surface area contributed by atoms with E-state index < -0.39 is 0 Å². The van der Waals surface area contributed by atoms with Crippen molar-refractivity contribution in [1.29, 1.82) is 0 Å². The summed E-state index contributed by atoms with van der Waals surface area (Å²) in [4.78, 5) is 14.1. The van der Waals surface area contributed by atoms with Crippen LogP contribution in [0.2, 0.25) is 0 Å². The van der Waals surface area contributed by atoms with Crippen molar-refractivity contribution in [3.05, 3.63) is 54.1 Å². The van der Waals surface area contributed by atoms with Crippen molar-refractivity contribution in [3.8, 4) is 22.5 Å². The summed E-state index contributed by atoms with van der Waals surface area (Å²) in [5.74, 6) is 0.0168. The zero-order chi connectivity index (χ0) is 16.0. The Kier molecular flexibility index (Phi) is 3.41. The average molecular weight is 416 g/mol. The molecule has 1 amide bonds. The van der Waals surface area contributed by atoms with Gasteiger partial charge in [-0.2, -0.15) is 2.90 Å². The summed E-state index contributed by atoms with van der Waals surface area (Å²) in [6, 6.07) is 15.9. The monoisotopic (exact) mass is 416 g/mol. The van der Waals surface area contributed by atoms with Gasteiger partial charge in [-0.15, -0.1) is 5.10 Å². The third kappa shape index (κ3) is 2.24. The molecule has 1 aromatic heterocycles. The molecule has 0 aliphatic carbocycles. The van der Waals surface area contributed by atoms with Crippen molar-refractivity contribution in [2.75, 3.05) is 4.90 Å². The van der Waals surface area contributed by atoms with E-state index in [1.807, 2.05) is 48.5 Å². The standard InChI is InChI=1S/C17H13IN4O/c1-11(23)21-10-12-6-2-3-7-13(12)16-17(22(18)20-19-16)14-8-4-5-9-15(14)21/h2-9H,10H2,1H3. The molecule has 0 N–H and O–H groups in total. The minimum Gasteiger partial charge on any atom is -0.308 e. The molecule has 0 radical (unpaired) electrons. The van der Waals surface area contributed by atoms with Crippen LogP contribution in [-0.4, -0.2) is 19.1 Å². The molecule has 23 heavy (non-hydrogen) atoms. The zero-order valence-corrected chi connectivity index (χ0v) is 14.6. The van der Waals surface area contributed by atoms with Crippen molar-refractivity contribution in [1.82, 2.24) is 13.2 Å². The quantitative estimate of drug-likeness (QED) is 0.526. The Balaban J connectivity index is 2.11. The van der Waals surface area contributed by atoms with E-state index in [1.165, 1.54) is 0 Å². The maximum Gasteiger partial charge on any atom is 0.224 e. The summed E-state index contributed by atoms with van der Waals surface area (Å²) in [5.41, 5.74) is 5.70. The van der Waals surface area contributed by atoms with Gasteiger partial charge in [-0.1, -0.05) is 47.7 Å². The van der Waals surface area contributed by atoms with Crippen molar-refractivity contribution >= 4 is 34.5 Å². The van der Waals surface area contributed by atoms with Crippen molar-refractivity contribution < 1.29 is 4.79 Å². The summed E-state index contributed by atoms with van der Waals surface area (Å²) < 4.78 is 1.74. The maximum atomic E-state index is 12.3. The van der Waals surface area contributed by atoms with Crippen LogP contribution in [0.5, 0.6) is 0 Å². The number of benzene rings is 2. The van der Waals surface area contributed by atoms with E-state index in [0.29, 0.717) is 6.54 Å². The number of fused-ring (bicyclic) bond motifs is 5. The molecule has 2 heterocycles. The molecule has 0 saturated carbocycles. The number of nitrogens with zero attached hydrogens (tertiary/aromatic N) is 4. The number of rotatable bonds is 0. The Morgan fingerprint density at radius 1 is 1.09 bits per heavy atom. The summed E-state index contributed by atoms with van der Waals surface area (Å²) in [7, 11) is 0. The van der Waals surface area contributed by atoms with Gasteiger partial charge in [-0.3, -0.25) is 4.79 Å². The molecular formula is C17H13IN4O. The fourth-order valence-electron chi connectivity index (χ4n) is 3.01. The minimum atomic E-state index is 0.0168. The average Bonchev–Trinajstić information content (AvgIpc) is 2.92. The Morgan fingerprint density at radius 2 is 1.78 bits per heavy atom. The number of para-hydroxylation sites is 1. The van der Waals surface area contributed by atoms with Crippen LogP contribution in [0.1, 0.15) is 12.5 Å². The largest absolute Gasteiger partial charge is 0.308 e. The lowest BCUT2D eigenvalue weighted by Gasteiger charge is -2.27. The molecule has 3 aromatic rings. The first-order valence-corrected chi connectivity index (χ1v) is 8.21. The third-order valence-corrected chi connectivity index (χ3v) is 4.74. The molecule has 2 aromatic carbocycles. The van der Waals surface area contributed by atoms with Crippen LogP contribution in [-0.2, 0) is 11.3 Å². The number of amides is 1. The zero-order valence-electron chi connectivity index (χ0n) is 12.4. The fourth-order valence-corrected chi connectivity index (χ4v) is 3.59. The topological polar surface area (TPSA) is 51.0 Å². The number of carbonyl (C=O) groups is 1. The highest BCUT2D eigenvalue weighted by Gasteiger charge is 2.27. The molecule has 0 spiro atoms. The lowest BCUT2D eigenvalue weighted by Crippen LogP contribution is -2.29. The van der Waals surface area contributed by atoms with Gasteiger partial charge in [0.25, 0.3) is 0 Å². The normalized spacial score (nSPS) is 12.7. The highest BCUT2D eigenvalue weighted by atomic mass is 127. The van der Waals surface area contributed by atoms with E-state index in [2.05, 4.69) is 33.2 Å². The fraction of sp³-hybridized carbons (Fsp3) is 0.118. The molecule has 0 unspecified atom stereocenters. The van der Waals surface area contributed by atoms with Gasteiger partial charge in [-0.05, 0) is 11.6 Å². The summed E-state index contributed by atoms with van der Waals surface area (Å²) in [5, 5.41) is 8.57. The van der Waals surface area contributed by atoms with E-state index in [1.54, 1.807) is 14.7 Å². The van der Waals surface area contributed by atoms with Gasteiger partial charge in [0, 0.05) is 18.1 Å². The van der Waals surface area contributed by atoms with Crippen LogP contribution < -0.4 is 4.90 Å². The van der Waals surface area contributed by atoms with E-state index in [-0.39, 0.29) is 5.91 Å². The number of aromatic nitrogens is 3. The first kappa shape index (κ1) is 14.4. The van der Waals surface area contributed by atoms with Gasteiger partial charge in [0.05, 0.1) is 35.1 Å². The van der Waals surface area contributed by atoms with Gasteiger partial charge in [0.1, 0.15) is 11.4 Å². The second-order valence-electron chi connectivity index (χ2n) is 5.43. The van der Waals surface area contributed by atoms with Gasteiger partial charge in [-0.25, -0.2) is 0 Å². The van der Waals surface area contributed by atoms with Crippen LogP contribution in [0.4, 0.5) is 5.69 Å². The number of carbonyl (C=O) groups excluding carboxylic acids is 1. The second-order valence-corrected chi connectivity index (χ2v) is 6.34. The van der Waals surface area contributed by atoms with Gasteiger partial charge < -0.3 is 4.90 Å². The third-order valence-electron chi connectivity index (χ3n) is 4.06. The van der Waals surface area contributed by atoms with Crippen LogP contribution >= 0.6 is 22.9 Å². The Morgan fingerprint density at radius 3 is 2.57 bits per heavy atom. The molecule has 1 aliphatic rings. The number of hydrogen-bond acceptors (Lipinski definition) is 3. The first-order valence-electron chi connectivity index (χ1n) is 7.24. The SMILES string of the molecule is CC(=O)N1Cc2ccccc2-c2nnn(I)c2-c2ccccc21. The predicted molar refractivity (Wildman–Crippen MR) is 97.2 cm³/mol. The first-order chi connectivity index (χ1) is 11.2. The summed E-state index contributed by atoms with van der Waals surface area (Å²) >= 11 is 2.13. The summed E-state index contributed by atoms with van der Waals surface area (Å²) in [6.07, 6.45) is 0. The van der Waals surface area contributed by atoms with Gasteiger partial charge in [0.15, 0.2) is 0 Å². The van der Waals surface area contributed by atoms with E-state index in [4.69, 9.17) is 0 Å². The molecule has 0 bridgehead atoms. The molecule has 114 valence electrons. The van der Waals surface area contributed by atoms with E-state index >= 15 is 0 Å². The Hall–Kier alpha value is -2.22. The van der Waals surface area contributed by atoms with E-state index in [9.17, 15) is 4.79 Å². The Labute approximate surface area is 147 Å². The van der Waals surface area contributed by atoms with Crippen molar-refractivity contribution in [2.24, 2.45) is 0 Å². The van der Waals surface area contributed by atoms with Crippen LogP contribution in [0.25, 0.3) is 22.5 Å². The lowest BCUT2D eigenvalue weighted by atomic mass is 9.96. The highest BCUT2D eigenvalue weighted by molar-refractivity contribution is 14.1. The molecule has 5 nitrogen and oxygen atoms in total. The number of hydrogen-bond donors (Lipinski definition) is 0. The molecule has 0 fully saturated rings. The lowest BCUT2D eigenvalue weighted by molar-refractivity contribution is -0.116. The predicted octanol–water partition coefficient (Wildman–Crippen LogP) is 3.68. The molecule has 0 saturated heterocycles. The van der Waals surface area contributed by atoms with Crippen molar-refractivity contribution in [3.63, 3.8) is 0 Å². The summed E-state index contributed by atoms with van der Waals surface area (Å²) in [6.45, 7) is 2.12. The molecule has 1 aliphatic heterocycles. The molecule has 6 heteroatoms. The number of halogens is 1. The highest BCUT2D eigenvalue weighted by Crippen LogP contribution is 2.41. The van der Waals surface area contributed by atoms with Crippen LogP contribution in [0, 0.1) is 0 Å². The van der Waals surface area contributed by atoms with Gasteiger partial charge in [0.2, 0.25) is 5.91 Å². The molecule has 4 rings (SSSR count). The molecular weight excluding hydrogens is 403 g/mol. The smallest absolute Gasteiger partial charge is 0.224 e. The molecule has 0 atom stereocenters. The Bertz CT molecular complexity index is 918. The van der Waals surface area contributed by atoms with Crippen LogP contribution in [0.3, 0.4) is 0 Å².